The van der Waals surface area contributed by atoms with E-state index < -0.39 is 0 Å². The van der Waals surface area contributed by atoms with E-state index in [1.165, 1.54) is 12.1 Å². The van der Waals surface area contributed by atoms with Gasteiger partial charge >= 0.3 is 0 Å². The molecule has 1 heterocycles. The van der Waals surface area contributed by atoms with Crippen LogP contribution in [0, 0.1) is 5.82 Å². The Hall–Kier alpha value is -1.74. The Morgan fingerprint density at radius 2 is 1.82 bits per heavy atom. The molecule has 0 fully saturated rings. The Balaban J connectivity index is 2.40. The summed E-state index contributed by atoms with van der Waals surface area (Å²) in [4.78, 5) is 6.47. The molecule has 0 atom stereocenters. The van der Waals surface area contributed by atoms with Crippen LogP contribution in [-0.4, -0.2) is 24.0 Å². The molecule has 3 heteroatoms. The molecule has 2 aromatic rings. The van der Waals surface area contributed by atoms with Crippen molar-refractivity contribution >= 4 is 0 Å². The summed E-state index contributed by atoms with van der Waals surface area (Å²) in [6, 6.07) is 10.4. The number of hydrogen-bond donors (Lipinski definition) is 0. The molecule has 0 saturated carbocycles. The average Bonchev–Trinajstić information content (AvgIpc) is 2.30. The van der Waals surface area contributed by atoms with Gasteiger partial charge in [0.2, 0.25) is 0 Å². The van der Waals surface area contributed by atoms with Crippen LogP contribution in [0.1, 0.15) is 5.56 Å². The Morgan fingerprint density at radius 1 is 1.12 bits per heavy atom. The van der Waals surface area contributed by atoms with Gasteiger partial charge in [0.25, 0.3) is 0 Å². The number of nitrogens with zero attached hydrogens (tertiary/aromatic N) is 2. The molecule has 1 aromatic carbocycles. The molecule has 0 aliphatic carbocycles. The van der Waals surface area contributed by atoms with Gasteiger partial charge in [-0.25, -0.2) is 4.39 Å². The van der Waals surface area contributed by atoms with Gasteiger partial charge in [-0.15, -0.1) is 0 Å². The number of rotatable bonds is 3. The molecule has 2 rings (SSSR count). The number of pyridine rings is 1. The summed E-state index contributed by atoms with van der Waals surface area (Å²) in [6.07, 6.45) is 1.76. The molecular weight excluding hydrogens is 215 g/mol. The monoisotopic (exact) mass is 230 g/mol. The number of halogens is 1. The van der Waals surface area contributed by atoms with Crippen LogP contribution in [0.25, 0.3) is 11.3 Å². The molecule has 0 aliphatic rings. The SMILES string of the molecule is CN(C)Cc1cccnc1-c1ccc(F)cc1. The fourth-order valence-electron chi connectivity index (χ4n) is 1.77. The van der Waals surface area contributed by atoms with E-state index in [-0.39, 0.29) is 5.82 Å². The van der Waals surface area contributed by atoms with E-state index in [2.05, 4.69) is 9.88 Å². The fourth-order valence-corrected chi connectivity index (χ4v) is 1.77. The minimum Gasteiger partial charge on any atom is -0.305 e. The Labute approximate surface area is 101 Å². The van der Waals surface area contributed by atoms with Crippen LogP contribution < -0.4 is 0 Å². The van der Waals surface area contributed by atoms with Crippen molar-refractivity contribution < 1.29 is 4.39 Å². The van der Waals surface area contributed by atoms with Crippen LogP contribution in [0.4, 0.5) is 4.39 Å². The van der Waals surface area contributed by atoms with E-state index in [9.17, 15) is 4.39 Å². The molecular formula is C14H15FN2. The van der Waals surface area contributed by atoms with E-state index in [1.54, 1.807) is 18.3 Å². The first-order valence-electron chi connectivity index (χ1n) is 5.51. The van der Waals surface area contributed by atoms with Crippen molar-refractivity contribution in [3.63, 3.8) is 0 Å². The minimum absolute atomic E-state index is 0.223. The van der Waals surface area contributed by atoms with Crippen molar-refractivity contribution in [2.75, 3.05) is 14.1 Å². The molecule has 0 spiro atoms. The second-order valence-electron chi connectivity index (χ2n) is 4.26. The maximum atomic E-state index is 12.9. The van der Waals surface area contributed by atoms with Gasteiger partial charge in [-0.3, -0.25) is 4.98 Å². The van der Waals surface area contributed by atoms with Crippen LogP contribution in [0.5, 0.6) is 0 Å². The highest BCUT2D eigenvalue weighted by Crippen LogP contribution is 2.22. The third kappa shape index (κ3) is 2.88. The van der Waals surface area contributed by atoms with Crippen LogP contribution in [0.2, 0.25) is 0 Å². The van der Waals surface area contributed by atoms with E-state index in [0.717, 1.165) is 23.4 Å². The summed E-state index contributed by atoms with van der Waals surface area (Å²) in [5, 5.41) is 0. The van der Waals surface area contributed by atoms with Gasteiger partial charge in [-0.1, -0.05) is 6.07 Å². The summed E-state index contributed by atoms with van der Waals surface area (Å²) in [5.41, 5.74) is 3.01. The molecule has 0 aliphatic heterocycles. The standard InChI is InChI=1S/C14H15FN2/c1-17(2)10-12-4-3-9-16-14(12)11-5-7-13(15)8-6-11/h3-9H,10H2,1-2H3. The maximum absolute atomic E-state index is 12.9. The number of aromatic nitrogens is 1. The number of benzene rings is 1. The van der Waals surface area contributed by atoms with Crippen molar-refractivity contribution in [3.8, 4) is 11.3 Å². The predicted octanol–water partition coefficient (Wildman–Crippen LogP) is 2.95. The van der Waals surface area contributed by atoms with Crippen molar-refractivity contribution in [1.82, 2.24) is 9.88 Å². The van der Waals surface area contributed by atoms with Crippen LogP contribution in [0.3, 0.4) is 0 Å². The quantitative estimate of drug-likeness (QED) is 0.806. The van der Waals surface area contributed by atoms with Gasteiger partial charge in [0, 0.05) is 18.3 Å². The lowest BCUT2D eigenvalue weighted by atomic mass is 10.1. The first-order chi connectivity index (χ1) is 8.16. The van der Waals surface area contributed by atoms with E-state index in [4.69, 9.17) is 0 Å². The molecule has 0 unspecified atom stereocenters. The second kappa shape index (κ2) is 5.06. The van der Waals surface area contributed by atoms with Crippen LogP contribution >= 0.6 is 0 Å². The highest BCUT2D eigenvalue weighted by atomic mass is 19.1. The Bertz CT molecular complexity index is 492. The Morgan fingerprint density at radius 3 is 2.47 bits per heavy atom. The zero-order valence-corrected chi connectivity index (χ0v) is 10.0. The minimum atomic E-state index is -0.223. The lowest BCUT2D eigenvalue weighted by molar-refractivity contribution is 0.402. The highest BCUT2D eigenvalue weighted by Gasteiger charge is 2.06. The van der Waals surface area contributed by atoms with Crippen molar-refractivity contribution in [2.24, 2.45) is 0 Å². The smallest absolute Gasteiger partial charge is 0.123 e. The van der Waals surface area contributed by atoms with Crippen molar-refractivity contribution in [3.05, 3.63) is 54.0 Å². The van der Waals surface area contributed by atoms with E-state index >= 15 is 0 Å². The lowest BCUT2D eigenvalue weighted by Gasteiger charge is -2.13. The summed E-state index contributed by atoms with van der Waals surface area (Å²) in [7, 11) is 4.03. The fraction of sp³-hybridized carbons (Fsp3) is 0.214. The second-order valence-corrected chi connectivity index (χ2v) is 4.26. The number of hydrogen-bond acceptors (Lipinski definition) is 2. The Kier molecular flexibility index (Phi) is 3.49. The van der Waals surface area contributed by atoms with Gasteiger partial charge in [-0.2, -0.15) is 0 Å². The normalized spacial score (nSPS) is 10.8. The lowest BCUT2D eigenvalue weighted by Crippen LogP contribution is -2.11. The highest BCUT2D eigenvalue weighted by molar-refractivity contribution is 5.62. The third-order valence-electron chi connectivity index (χ3n) is 2.50. The summed E-state index contributed by atoms with van der Waals surface area (Å²) in [6.45, 7) is 0.820. The van der Waals surface area contributed by atoms with E-state index in [0.29, 0.717) is 0 Å². The molecule has 1 aromatic heterocycles. The zero-order chi connectivity index (χ0) is 12.3. The van der Waals surface area contributed by atoms with Crippen molar-refractivity contribution in [1.29, 1.82) is 0 Å². The summed E-state index contributed by atoms with van der Waals surface area (Å²) >= 11 is 0. The van der Waals surface area contributed by atoms with Crippen LogP contribution in [-0.2, 0) is 6.54 Å². The largest absolute Gasteiger partial charge is 0.305 e. The molecule has 2 nitrogen and oxygen atoms in total. The van der Waals surface area contributed by atoms with Gasteiger partial charge in [0.1, 0.15) is 5.82 Å². The summed E-state index contributed by atoms with van der Waals surface area (Å²) in [5.74, 6) is -0.223. The third-order valence-corrected chi connectivity index (χ3v) is 2.50. The zero-order valence-electron chi connectivity index (χ0n) is 10.0. The van der Waals surface area contributed by atoms with Gasteiger partial charge < -0.3 is 4.90 Å². The average molecular weight is 230 g/mol. The molecule has 88 valence electrons. The van der Waals surface area contributed by atoms with E-state index in [1.807, 2.05) is 26.2 Å². The molecule has 17 heavy (non-hydrogen) atoms. The topological polar surface area (TPSA) is 16.1 Å². The van der Waals surface area contributed by atoms with Crippen molar-refractivity contribution in [2.45, 2.75) is 6.54 Å². The molecule has 0 bridgehead atoms. The molecule has 0 radical (unpaired) electrons. The van der Waals surface area contributed by atoms with Gasteiger partial charge in [-0.05, 0) is 50.0 Å². The molecule has 0 N–H and O–H groups in total. The first-order valence-corrected chi connectivity index (χ1v) is 5.51. The van der Waals surface area contributed by atoms with Gasteiger partial charge in [0.05, 0.1) is 5.69 Å². The van der Waals surface area contributed by atoms with Gasteiger partial charge in [0.15, 0.2) is 0 Å². The molecule has 0 amide bonds. The molecule has 0 saturated heterocycles. The predicted molar refractivity (Wildman–Crippen MR) is 67.0 cm³/mol. The van der Waals surface area contributed by atoms with Crippen LogP contribution in [0.15, 0.2) is 42.6 Å². The maximum Gasteiger partial charge on any atom is 0.123 e. The summed E-state index contributed by atoms with van der Waals surface area (Å²) < 4.78 is 12.9. The first kappa shape index (κ1) is 11.7.